The van der Waals surface area contributed by atoms with Gasteiger partial charge in [-0.3, -0.25) is 14.4 Å². The lowest BCUT2D eigenvalue weighted by atomic mass is 9.62. The highest BCUT2D eigenvalue weighted by molar-refractivity contribution is 6.34. The summed E-state index contributed by atoms with van der Waals surface area (Å²) in [6.45, 7) is 20.1. The molecule has 3 aliphatic rings. The van der Waals surface area contributed by atoms with Crippen LogP contribution in [0.2, 0.25) is 5.02 Å². The number of aliphatic hydroxyl groups is 1. The molecule has 3 aliphatic heterocycles. The van der Waals surface area contributed by atoms with Gasteiger partial charge in [-0.1, -0.05) is 56.7 Å². The molecule has 3 heterocycles. The first-order valence-electron chi connectivity index (χ1n) is 17.3. The molecule has 3 amide bonds. The van der Waals surface area contributed by atoms with Crippen LogP contribution in [0.3, 0.4) is 0 Å². The van der Waals surface area contributed by atoms with Crippen LogP contribution in [0, 0.1) is 30.6 Å². The number of carbonyl (C=O) groups is 3. The van der Waals surface area contributed by atoms with Gasteiger partial charge < -0.3 is 29.3 Å². The molecule has 3 fully saturated rings. The zero-order valence-corrected chi connectivity index (χ0v) is 30.3. The molecule has 2 aromatic rings. The Kier molecular flexibility index (Phi) is 10.7. The molecule has 10 heteroatoms. The second kappa shape index (κ2) is 14.3. The van der Waals surface area contributed by atoms with Crippen LogP contribution in [-0.4, -0.2) is 77.3 Å². The first kappa shape index (κ1) is 36.6. The number of para-hydroxylation sites is 1. The Morgan fingerprint density at radius 2 is 1.78 bits per heavy atom. The van der Waals surface area contributed by atoms with Gasteiger partial charge in [0, 0.05) is 18.8 Å². The number of halogens is 1. The maximum absolute atomic E-state index is 15.2. The van der Waals surface area contributed by atoms with Gasteiger partial charge >= 0.3 is 0 Å². The molecule has 0 aliphatic carbocycles. The maximum atomic E-state index is 15.2. The fourth-order valence-corrected chi connectivity index (χ4v) is 8.91. The number of hydrogen-bond acceptors (Lipinski definition) is 6. The Morgan fingerprint density at radius 3 is 2.35 bits per heavy atom. The number of anilines is 2. The normalized spacial score (nSPS) is 27.6. The summed E-state index contributed by atoms with van der Waals surface area (Å²) in [6.07, 6.45) is 4.14. The second-order valence-corrected chi connectivity index (χ2v) is 14.6. The Hall–Kier alpha value is -3.66. The van der Waals surface area contributed by atoms with E-state index in [9.17, 15) is 9.90 Å². The van der Waals surface area contributed by atoms with Gasteiger partial charge in [0.15, 0.2) is 0 Å². The van der Waals surface area contributed by atoms with Crippen LogP contribution in [-0.2, 0) is 19.1 Å². The van der Waals surface area contributed by atoms with E-state index < -0.39 is 35.1 Å². The minimum absolute atomic E-state index is 0.114. The summed E-state index contributed by atoms with van der Waals surface area (Å²) in [5.74, 6) is -2.24. The highest BCUT2D eigenvalue weighted by atomic mass is 35.5. The fourth-order valence-electron chi connectivity index (χ4n) is 8.59. The number of ether oxygens (including phenoxy) is 2. The van der Waals surface area contributed by atoms with Crippen molar-refractivity contribution in [1.29, 1.82) is 0 Å². The van der Waals surface area contributed by atoms with Gasteiger partial charge in [0.1, 0.15) is 17.4 Å². The van der Waals surface area contributed by atoms with Gasteiger partial charge in [0.2, 0.25) is 11.8 Å². The van der Waals surface area contributed by atoms with Gasteiger partial charge in [-0.25, -0.2) is 0 Å². The van der Waals surface area contributed by atoms with Gasteiger partial charge in [0.25, 0.3) is 5.91 Å². The molecule has 2 bridgehead atoms. The summed E-state index contributed by atoms with van der Waals surface area (Å²) in [5.41, 5.74) is -0.411. The minimum atomic E-state index is -1.32. The van der Waals surface area contributed by atoms with Crippen LogP contribution in [0.25, 0.3) is 0 Å². The first-order valence-corrected chi connectivity index (χ1v) is 17.6. The lowest BCUT2D eigenvalue weighted by molar-refractivity contribution is -0.149. The van der Waals surface area contributed by atoms with Crippen LogP contribution in [0.5, 0.6) is 5.75 Å². The Labute approximate surface area is 295 Å². The molecule has 9 nitrogen and oxygen atoms in total. The topological polar surface area (TPSA) is 99.6 Å². The molecule has 5 rings (SSSR count). The smallest absolute Gasteiger partial charge is 0.253 e. The monoisotopic (exact) mass is 691 g/mol. The largest absolute Gasteiger partial charge is 0.494 e. The van der Waals surface area contributed by atoms with Gasteiger partial charge in [-0.15, -0.1) is 13.2 Å². The molecule has 0 aromatic heterocycles. The highest BCUT2D eigenvalue weighted by Crippen LogP contribution is 2.66. The van der Waals surface area contributed by atoms with Crippen molar-refractivity contribution in [3.8, 4) is 5.75 Å². The van der Waals surface area contributed by atoms with Gasteiger partial charge in [-0.05, 0) is 81.3 Å². The molecule has 3 saturated heterocycles. The van der Waals surface area contributed by atoms with E-state index >= 15 is 9.59 Å². The molecule has 1 spiro atoms. The lowest BCUT2D eigenvalue weighted by Gasteiger charge is -2.40. The van der Waals surface area contributed by atoms with Crippen LogP contribution >= 0.6 is 11.6 Å². The van der Waals surface area contributed by atoms with Crippen LogP contribution in [0.15, 0.2) is 67.8 Å². The number of aliphatic hydroxyl groups excluding tert-OH is 1. The van der Waals surface area contributed by atoms with Crippen LogP contribution in [0.1, 0.15) is 53.0 Å². The van der Waals surface area contributed by atoms with E-state index in [1.807, 2.05) is 77.9 Å². The molecule has 2 aromatic carbocycles. The van der Waals surface area contributed by atoms with Crippen molar-refractivity contribution in [3.63, 3.8) is 0 Å². The third-order valence-corrected chi connectivity index (χ3v) is 11.0. The van der Waals surface area contributed by atoms with Crippen molar-refractivity contribution in [2.24, 2.45) is 23.7 Å². The molecule has 3 unspecified atom stereocenters. The maximum Gasteiger partial charge on any atom is 0.253 e. The molecule has 49 heavy (non-hydrogen) atoms. The summed E-state index contributed by atoms with van der Waals surface area (Å²) in [5, 5.41) is 11.2. The van der Waals surface area contributed by atoms with Crippen molar-refractivity contribution in [3.05, 3.63) is 78.4 Å². The van der Waals surface area contributed by atoms with Crippen molar-refractivity contribution in [2.75, 3.05) is 36.1 Å². The summed E-state index contributed by atoms with van der Waals surface area (Å²) in [4.78, 5) is 49.9. The summed E-state index contributed by atoms with van der Waals surface area (Å²) < 4.78 is 12.7. The molecular formula is C39H50ClN3O6. The van der Waals surface area contributed by atoms with E-state index in [1.54, 1.807) is 32.9 Å². The molecular weight excluding hydrogens is 642 g/mol. The Bertz CT molecular complexity index is 1580. The van der Waals surface area contributed by atoms with Gasteiger partial charge in [0.05, 0.1) is 47.4 Å². The number of rotatable bonds is 14. The number of carbonyl (C=O) groups excluding carboxylic acids is 3. The number of likely N-dealkylation sites (tertiary alicyclic amines) is 1. The van der Waals surface area contributed by atoms with Crippen molar-refractivity contribution in [2.45, 2.75) is 77.7 Å². The second-order valence-electron chi connectivity index (χ2n) is 14.2. The number of hydrogen-bond donors (Lipinski definition) is 1. The lowest BCUT2D eigenvalue weighted by Crippen LogP contribution is -2.59. The number of benzene rings is 2. The average molecular weight is 692 g/mol. The molecule has 0 saturated carbocycles. The molecule has 7 atom stereocenters. The minimum Gasteiger partial charge on any atom is -0.494 e. The van der Waals surface area contributed by atoms with Crippen molar-refractivity contribution < 1.29 is 29.0 Å². The van der Waals surface area contributed by atoms with Crippen molar-refractivity contribution >= 4 is 40.7 Å². The van der Waals surface area contributed by atoms with E-state index in [0.717, 1.165) is 5.56 Å². The summed E-state index contributed by atoms with van der Waals surface area (Å²) >= 11 is 6.74. The predicted octanol–water partition coefficient (Wildman–Crippen LogP) is 6.20. The van der Waals surface area contributed by atoms with E-state index in [0.29, 0.717) is 41.6 Å². The van der Waals surface area contributed by atoms with E-state index in [2.05, 4.69) is 13.2 Å². The fraction of sp³-hybridized carbons (Fsp3) is 0.513. The standard InChI is InChI=1S/C39H50ClN3O6/c1-9-19-41(27-15-17-29(18-16-27)48-11-3)35(45)31-32-36(46)43(28(23-44)21-24(4)5)34(39(32)22-26(7)38(31,8)49-39)37(47)42(20-10-2)33-25(6)13-12-14-30(33)40/h9-10,12-18,24,26,28,31-32,34,44H,1-2,11,19-23H2,3-8H3/t26?,28-,31-,32+,34?,38+,39?/m1/s1. The van der Waals surface area contributed by atoms with Crippen LogP contribution < -0.4 is 14.5 Å². The molecule has 264 valence electrons. The van der Waals surface area contributed by atoms with E-state index in [4.69, 9.17) is 21.1 Å². The summed E-state index contributed by atoms with van der Waals surface area (Å²) in [7, 11) is 0. The number of aryl methyl sites for hydroxylation is 1. The third kappa shape index (κ3) is 6.08. The molecule has 1 N–H and O–H groups in total. The van der Waals surface area contributed by atoms with E-state index in [1.165, 1.54) is 0 Å². The first-order chi connectivity index (χ1) is 23.3. The quantitative estimate of drug-likeness (QED) is 0.237. The van der Waals surface area contributed by atoms with Crippen molar-refractivity contribution in [1.82, 2.24) is 4.90 Å². The predicted molar refractivity (Wildman–Crippen MR) is 193 cm³/mol. The van der Waals surface area contributed by atoms with Crippen LogP contribution in [0.4, 0.5) is 11.4 Å². The average Bonchev–Trinajstić information content (AvgIpc) is 3.58. The van der Waals surface area contributed by atoms with Gasteiger partial charge in [-0.2, -0.15) is 0 Å². The highest BCUT2D eigenvalue weighted by Gasteiger charge is 2.80. The Balaban J connectivity index is 1.67. The molecule has 0 radical (unpaired) electrons. The number of nitrogens with zero attached hydrogens (tertiary/aromatic N) is 3. The SMILES string of the molecule is C=CCN(C(=O)[C@H]1[C@H]2C(=O)N([C@@H](CO)CC(C)C)C(C(=O)N(CC=C)c3c(C)cccc3Cl)C23CC(C)[C@]1(C)O3)c1ccc(OCC)cc1. The Morgan fingerprint density at radius 1 is 1.12 bits per heavy atom. The summed E-state index contributed by atoms with van der Waals surface area (Å²) in [6, 6.07) is 10.9. The zero-order chi connectivity index (χ0) is 35.8. The van der Waals surface area contributed by atoms with E-state index in [-0.39, 0.29) is 49.3 Å². The number of amides is 3. The zero-order valence-electron chi connectivity index (χ0n) is 29.5. The third-order valence-electron chi connectivity index (χ3n) is 10.7. The number of fused-ring (bicyclic) bond motifs is 1.